The molecule has 6 heteroatoms. The van der Waals surface area contributed by atoms with E-state index >= 15 is 0 Å². The van der Waals surface area contributed by atoms with Crippen LogP contribution in [0.4, 0.5) is 24.5 Å². The summed E-state index contributed by atoms with van der Waals surface area (Å²) in [6.45, 7) is 0. The smallest absolute Gasteiger partial charge is 0.196 e. The lowest BCUT2D eigenvalue weighted by Gasteiger charge is -2.10. The minimum Gasteiger partial charge on any atom is -0.352 e. The van der Waals surface area contributed by atoms with Crippen molar-refractivity contribution in [2.75, 3.05) is 5.32 Å². The molecule has 2 nitrogen and oxygen atoms in total. The predicted molar refractivity (Wildman–Crippen MR) is 65.8 cm³/mol. The number of nitrogens with zero attached hydrogens (tertiary/aromatic N) is 1. The topological polar surface area (TPSA) is 35.8 Å². The average Bonchev–Trinajstić information content (AvgIpc) is 2.40. The van der Waals surface area contributed by atoms with Gasteiger partial charge in [-0.05, 0) is 24.3 Å². The molecule has 0 spiro atoms. The van der Waals surface area contributed by atoms with E-state index in [4.69, 9.17) is 16.9 Å². The summed E-state index contributed by atoms with van der Waals surface area (Å²) in [5.41, 5.74) is 0.0193. The third-order valence-corrected chi connectivity index (χ3v) is 2.74. The fourth-order valence-electron chi connectivity index (χ4n) is 1.51. The Labute approximate surface area is 112 Å². The zero-order valence-corrected chi connectivity index (χ0v) is 10.1. The molecule has 0 aromatic heterocycles. The van der Waals surface area contributed by atoms with E-state index in [1.165, 1.54) is 12.1 Å². The van der Waals surface area contributed by atoms with Crippen LogP contribution in [-0.2, 0) is 0 Å². The molecule has 0 aliphatic carbocycles. The molecule has 2 aromatic carbocycles. The molecule has 0 heterocycles. The minimum atomic E-state index is -1.58. The summed E-state index contributed by atoms with van der Waals surface area (Å²) >= 11 is 5.80. The third-order valence-electron chi connectivity index (χ3n) is 2.43. The molecule has 0 bridgehead atoms. The highest BCUT2D eigenvalue weighted by atomic mass is 35.5. The van der Waals surface area contributed by atoms with Gasteiger partial charge in [-0.25, -0.2) is 13.2 Å². The Bertz CT molecular complexity index is 680. The van der Waals surface area contributed by atoms with Crippen LogP contribution in [0.25, 0.3) is 0 Å². The van der Waals surface area contributed by atoms with Gasteiger partial charge in [-0.15, -0.1) is 0 Å². The van der Waals surface area contributed by atoms with Crippen molar-refractivity contribution in [2.24, 2.45) is 0 Å². The first kappa shape index (κ1) is 13.2. The van der Waals surface area contributed by atoms with E-state index in [2.05, 4.69) is 5.32 Å². The molecule has 1 N–H and O–H groups in total. The van der Waals surface area contributed by atoms with Gasteiger partial charge in [0.1, 0.15) is 6.07 Å². The highest BCUT2D eigenvalue weighted by molar-refractivity contribution is 6.32. The van der Waals surface area contributed by atoms with Crippen LogP contribution in [0.15, 0.2) is 30.3 Å². The third kappa shape index (κ3) is 2.49. The predicted octanol–water partition coefficient (Wildman–Crippen LogP) is 4.37. The van der Waals surface area contributed by atoms with Crippen molar-refractivity contribution >= 4 is 23.0 Å². The van der Waals surface area contributed by atoms with Crippen LogP contribution in [0, 0.1) is 28.8 Å². The SMILES string of the molecule is N#Cc1c(Cl)cccc1Nc1ccc(F)c(F)c1F. The highest BCUT2D eigenvalue weighted by Gasteiger charge is 2.15. The van der Waals surface area contributed by atoms with Gasteiger partial charge >= 0.3 is 0 Å². The molecule has 2 rings (SSSR count). The van der Waals surface area contributed by atoms with Crippen molar-refractivity contribution in [3.05, 3.63) is 58.4 Å². The summed E-state index contributed by atoms with van der Waals surface area (Å²) in [6, 6.07) is 8.19. The second kappa shape index (κ2) is 5.21. The first-order chi connectivity index (χ1) is 9.04. The van der Waals surface area contributed by atoms with E-state index in [0.29, 0.717) is 0 Å². The molecule has 0 saturated heterocycles. The monoisotopic (exact) mass is 282 g/mol. The molecule has 0 aliphatic heterocycles. The quantitative estimate of drug-likeness (QED) is 0.830. The van der Waals surface area contributed by atoms with Crippen LogP contribution in [-0.4, -0.2) is 0 Å². The van der Waals surface area contributed by atoms with E-state index in [1.807, 2.05) is 6.07 Å². The Kier molecular flexibility index (Phi) is 3.63. The lowest BCUT2D eigenvalue weighted by molar-refractivity contribution is 0.449. The Hall–Kier alpha value is -2.19. The van der Waals surface area contributed by atoms with Gasteiger partial charge in [0.2, 0.25) is 0 Å². The van der Waals surface area contributed by atoms with Crippen molar-refractivity contribution in [3.8, 4) is 6.07 Å². The molecule has 0 fully saturated rings. The van der Waals surface area contributed by atoms with Crippen LogP contribution in [0.5, 0.6) is 0 Å². The van der Waals surface area contributed by atoms with Gasteiger partial charge in [0.25, 0.3) is 0 Å². The van der Waals surface area contributed by atoms with Gasteiger partial charge in [0.15, 0.2) is 17.5 Å². The largest absolute Gasteiger partial charge is 0.352 e. The minimum absolute atomic E-state index is 0.0910. The first-order valence-electron chi connectivity index (χ1n) is 5.13. The van der Waals surface area contributed by atoms with Gasteiger partial charge in [0.05, 0.1) is 22.0 Å². The molecular formula is C13H6ClF3N2. The van der Waals surface area contributed by atoms with Gasteiger partial charge in [-0.3, -0.25) is 0 Å². The standard InChI is InChI=1S/C13H6ClF3N2/c14-8-2-1-3-10(7(8)6-18)19-11-5-4-9(15)12(16)13(11)17/h1-5,19H. The summed E-state index contributed by atoms with van der Waals surface area (Å²) in [5.74, 6) is -4.22. The van der Waals surface area contributed by atoms with Crippen LogP contribution >= 0.6 is 11.6 Å². The van der Waals surface area contributed by atoms with Crippen LogP contribution in [0.2, 0.25) is 5.02 Å². The van der Waals surface area contributed by atoms with Crippen molar-refractivity contribution < 1.29 is 13.2 Å². The number of hydrogen-bond donors (Lipinski definition) is 1. The normalized spacial score (nSPS) is 10.1. The zero-order chi connectivity index (χ0) is 14.0. The van der Waals surface area contributed by atoms with E-state index < -0.39 is 17.5 Å². The number of nitrogens with one attached hydrogen (secondary N) is 1. The number of benzene rings is 2. The van der Waals surface area contributed by atoms with Gasteiger partial charge in [-0.1, -0.05) is 17.7 Å². The van der Waals surface area contributed by atoms with Crippen molar-refractivity contribution in [3.63, 3.8) is 0 Å². The summed E-state index contributed by atoms with van der Waals surface area (Å²) in [6.07, 6.45) is 0. The number of rotatable bonds is 2. The van der Waals surface area contributed by atoms with Crippen molar-refractivity contribution in [1.29, 1.82) is 5.26 Å². The molecule has 0 radical (unpaired) electrons. The van der Waals surface area contributed by atoms with Crippen LogP contribution in [0.1, 0.15) is 5.56 Å². The molecule has 96 valence electrons. The molecule has 19 heavy (non-hydrogen) atoms. The maximum absolute atomic E-state index is 13.5. The lowest BCUT2D eigenvalue weighted by atomic mass is 10.2. The van der Waals surface area contributed by atoms with Crippen molar-refractivity contribution in [1.82, 2.24) is 0 Å². The van der Waals surface area contributed by atoms with Gasteiger partial charge in [-0.2, -0.15) is 5.26 Å². The first-order valence-corrected chi connectivity index (χ1v) is 5.51. The molecule has 0 unspecified atom stereocenters. The molecular weight excluding hydrogens is 277 g/mol. The number of hydrogen-bond acceptors (Lipinski definition) is 2. The van der Waals surface area contributed by atoms with E-state index in [0.717, 1.165) is 12.1 Å². The van der Waals surface area contributed by atoms with Crippen molar-refractivity contribution in [2.45, 2.75) is 0 Å². The highest BCUT2D eigenvalue weighted by Crippen LogP contribution is 2.28. The Morgan fingerprint density at radius 3 is 2.42 bits per heavy atom. The van der Waals surface area contributed by atoms with Crippen LogP contribution < -0.4 is 5.32 Å². The average molecular weight is 283 g/mol. The van der Waals surface area contributed by atoms with E-state index in [1.54, 1.807) is 6.07 Å². The summed E-state index contributed by atoms with van der Waals surface area (Å²) in [4.78, 5) is 0. The van der Waals surface area contributed by atoms with Gasteiger partial charge < -0.3 is 5.32 Å². The molecule has 2 aromatic rings. The molecule has 0 aliphatic rings. The second-order valence-corrected chi connectivity index (χ2v) is 4.03. The van der Waals surface area contributed by atoms with Crippen LogP contribution in [0.3, 0.4) is 0 Å². The summed E-state index contributed by atoms with van der Waals surface area (Å²) in [7, 11) is 0. The second-order valence-electron chi connectivity index (χ2n) is 3.62. The maximum Gasteiger partial charge on any atom is 0.196 e. The maximum atomic E-state index is 13.5. The molecule has 0 atom stereocenters. The number of anilines is 2. The molecule has 0 amide bonds. The fourth-order valence-corrected chi connectivity index (χ4v) is 1.73. The Morgan fingerprint density at radius 2 is 1.74 bits per heavy atom. The summed E-state index contributed by atoms with van der Waals surface area (Å²) in [5, 5.41) is 11.6. The zero-order valence-electron chi connectivity index (χ0n) is 9.35. The number of nitriles is 1. The Morgan fingerprint density at radius 1 is 1.00 bits per heavy atom. The van der Waals surface area contributed by atoms with E-state index in [9.17, 15) is 13.2 Å². The number of halogens is 4. The van der Waals surface area contributed by atoms with E-state index in [-0.39, 0.29) is 22.0 Å². The van der Waals surface area contributed by atoms with Gasteiger partial charge in [0, 0.05) is 0 Å². The lowest BCUT2D eigenvalue weighted by Crippen LogP contribution is -2.00. The Balaban J connectivity index is 2.46. The molecule has 0 saturated carbocycles. The summed E-state index contributed by atoms with van der Waals surface area (Å²) < 4.78 is 39.4. The fraction of sp³-hybridized carbons (Fsp3) is 0.